The normalized spacial score (nSPS) is 17.7. The maximum Gasteiger partial charge on any atom is 0.471 e. The van der Waals surface area contributed by atoms with Crippen LogP contribution in [0.2, 0.25) is 0 Å². The molecular formula is C13H13BrF3NO. The fourth-order valence-corrected chi connectivity index (χ4v) is 2.59. The van der Waals surface area contributed by atoms with Gasteiger partial charge < -0.3 is 5.32 Å². The average molecular weight is 336 g/mol. The molecule has 2 nitrogen and oxygen atoms in total. The van der Waals surface area contributed by atoms with Crippen molar-refractivity contribution in [3.05, 3.63) is 34.3 Å². The van der Waals surface area contributed by atoms with Gasteiger partial charge in [-0.2, -0.15) is 13.2 Å². The monoisotopic (exact) mass is 335 g/mol. The fourth-order valence-electron chi connectivity index (χ4n) is 2.32. The predicted molar refractivity (Wildman–Crippen MR) is 68.7 cm³/mol. The first-order chi connectivity index (χ1) is 8.83. The summed E-state index contributed by atoms with van der Waals surface area (Å²) in [5, 5.41) is 2.00. The van der Waals surface area contributed by atoms with E-state index in [4.69, 9.17) is 0 Å². The van der Waals surface area contributed by atoms with E-state index in [-0.39, 0.29) is 12.0 Å². The number of benzene rings is 1. The lowest BCUT2D eigenvalue weighted by atomic mass is 9.64. The van der Waals surface area contributed by atoms with Crippen LogP contribution in [-0.4, -0.2) is 18.6 Å². The van der Waals surface area contributed by atoms with Crippen molar-refractivity contribution in [2.45, 2.75) is 30.9 Å². The van der Waals surface area contributed by atoms with E-state index in [2.05, 4.69) is 15.9 Å². The Labute approximate surface area is 117 Å². The highest BCUT2D eigenvalue weighted by molar-refractivity contribution is 9.10. The molecule has 0 unspecified atom stereocenters. The molecule has 0 heterocycles. The lowest BCUT2D eigenvalue weighted by molar-refractivity contribution is -0.174. The van der Waals surface area contributed by atoms with Gasteiger partial charge in [0.05, 0.1) is 0 Å². The Hall–Kier alpha value is -1.04. The quantitative estimate of drug-likeness (QED) is 0.899. The highest BCUT2D eigenvalue weighted by atomic mass is 79.9. The number of halogens is 4. The second-order valence-corrected chi connectivity index (χ2v) is 5.74. The van der Waals surface area contributed by atoms with E-state index in [0.29, 0.717) is 0 Å². The van der Waals surface area contributed by atoms with Crippen LogP contribution >= 0.6 is 15.9 Å². The molecule has 6 heteroatoms. The number of carbonyl (C=O) groups excluding carboxylic acids is 1. The highest BCUT2D eigenvalue weighted by Gasteiger charge is 2.43. The standard InChI is InChI=1S/C13H13BrF3NO/c14-10-4-2-9(3-5-10)12(6-1-7-12)8-18-11(19)13(15,16)17/h2-5H,1,6-8H2,(H,18,19). The second-order valence-electron chi connectivity index (χ2n) is 4.82. The molecule has 0 atom stereocenters. The smallest absolute Gasteiger partial charge is 0.347 e. The van der Waals surface area contributed by atoms with Gasteiger partial charge in [0, 0.05) is 16.4 Å². The second kappa shape index (κ2) is 5.15. The van der Waals surface area contributed by atoms with Crippen molar-refractivity contribution in [1.82, 2.24) is 5.32 Å². The summed E-state index contributed by atoms with van der Waals surface area (Å²) in [6.07, 6.45) is -2.25. The van der Waals surface area contributed by atoms with Gasteiger partial charge in [0.1, 0.15) is 0 Å². The lowest BCUT2D eigenvalue weighted by Gasteiger charge is -2.42. The van der Waals surface area contributed by atoms with E-state index in [1.54, 1.807) is 0 Å². The van der Waals surface area contributed by atoms with Crippen molar-refractivity contribution in [2.75, 3.05) is 6.54 Å². The molecule has 0 aliphatic heterocycles. The number of hydrogen-bond donors (Lipinski definition) is 1. The van der Waals surface area contributed by atoms with Crippen molar-refractivity contribution in [3.8, 4) is 0 Å². The summed E-state index contributed by atoms with van der Waals surface area (Å²) < 4.78 is 37.5. The first-order valence-electron chi connectivity index (χ1n) is 5.95. The maximum atomic E-state index is 12.2. The van der Waals surface area contributed by atoms with Gasteiger partial charge in [0.2, 0.25) is 0 Å². The maximum absolute atomic E-state index is 12.2. The Morgan fingerprint density at radius 1 is 1.26 bits per heavy atom. The van der Waals surface area contributed by atoms with Gasteiger partial charge in [-0.25, -0.2) is 0 Å². The summed E-state index contributed by atoms with van der Waals surface area (Å²) in [7, 11) is 0. The predicted octanol–water partition coefficient (Wildman–Crippen LogP) is 3.55. The van der Waals surface area contributed by atoms with E-state index < -0.39 is 12.1 Å². The van der Waals surface area contributed by atoms with E-state index in [1.165, 1.54) is 0 Å². The number of alkyl halides is 3. The topological polar surface area (TPSA) is 29.1 Å². The van der Waals surface area contributed by atoms with Crippen molar-refractivity contribution in [2.24, 2.45) is 0 Å². The van der Waals surface area contributed by atoms with E-state index in [1.807, 2.05) is 29.6 Å². The van der Waals surface area contributed by atoms with Gasteiger partial charge in [0.25, 0.3) is 0 Å². The van der Waals surface area contributed by atoms with Crippen molar-refractivity contribution in [3.63, 3.8) is 0 Å². The zero-order valence-corrected chi connectivity index (χ0v) is 11.6. The minimum atomic E-state index is -4.81. The molecule has 104 valence electrons. The van der Waals surface area contributed by atoms with Crippen LogP contribution in [-0.2, 0) is 10.2 Å². The van der Waals surface area contributed by atoms with Gasteiger partial charge >= 0.3 is 12.1 Å². The highest BCUT2D eigenvalue weighted by Crippen LogP contribution is 2.43. The molecule has 0 aromatic heterocycles. The third kappa shape index (κ3) is 3.11. The molecule has 1 aliphatic carbocycles. The van der Waals surface area contributed by atoms with Gasteiger partial charge in [-0.05, 0) is 30.5 Å². The molecule has 1 amide bonds. The van der Waals surface area contributed by atoms with Crippen molar-refractivity contribution < 1.29 is 18.0 Å². The molecule has 1 aromatic rings. The minimum Gasteiger partial charge on any atom is -0.347 e. The number of amides is 1. The van der Waals surface area contributed by atoms with Crippen molar-refractivity contribution >= 4 is 21.8 Å². The van der Waals surface area contributed by atoms with E-state index in [9.17, 15) is 18.0 Å². The Morgan fingerprint density at radius 2 is 1.84 bits per heavy atom. The summed E-state index contributed by atoms with van der Waals surface area (Å²) >= 11 is 3.32. The third-order valence-corrected chi connectivity index (χ3v) is 4.14. The molecule has 1 saturated carbocycles. The molecule has 0 saturated heterocycles. The summed E-state index contributed by atoms with van der Waals surface area (Å²) in [4.78, 5) is 10.9. The fraction of sp³-hybridized carbons (Fsp3) is 0.462. The van der Waals surface area contributed by atoms with Crippen LogP contribution in [0.1, 0.15) is 24.8 Å². The van der Waals surface area contributed by atoms with E-state index in [0.717, 1.165) is 29.3 Å². The zero-order chi connectivity index (χ0) is 14.1. The average Bonchev–Trinajstić information content (AvgIpc) is 2.28. The van der Waals surface area contributed by atoms with Gasteiger partial charge in [-0.15, -0.1) is 0 Å². The van der Waals surface area contributed by atoms with Crippen LogP contribution in [0.25, 0.3) is 0 Å². The Kier molecular flexibility index (Phi) is 3.90. The summed E-state index contributed by atoms with van der Waals surface area (Å²) in [5.74, 6) is -1.86. The zero-order valence-electron chi connectivity index (χ0n) is 10.1. The minimum absolute atomic E-state index is 0.0347. The molecule has 2 rings (SSSR count). The number of carbonyl (C=O) groups is 1. The largest absolute Gasteiger partial charge is 0.471 e. The van der Waals surface area contributed by atoms with Crippen LogP contribution in [0, 0.1) is 0 Å². The Bertz CT molecular complexity index is 466. The third-order valence-electron chi connectivity index (χ3n) is 3.61. The first-order valence-corrected chi connectivity index (χ1v) is 6.74. The number of nitrogens with one attached hydrogen (secondary N) is 1. The molecule has 0 bridgehead atoms. The molecule has 1 fully saturated rings. The molecule has 19 heavy (non-hydrogen) atoms. The van der Waals surface area contributed by atoms with Gasteiger partial charge in [-0.1, -0.05) is 34.5 Å². The Balaban J connectivity index is 2.07. The molecule has 1 N–H and O–H groups in total. The Morgan fingerprint density at radius 3 is 2.26 bits per heavy atom. The summed E-state index contributed by atoms with van der Waals surface area (Å²) in [6.45, 7) is 0.0347. The summed E-state index contributed by atoms with van der Waals surface area (Å²) in [5.41, 5.74) is 0.631. The van der Waals surface area contributed by atoms with Crippen LogP contribution in [0.5, 0.6) is 0 Å². The molecular weight excluding hydrogens is 323 g/mol. The molecule has 1 aliphatic rings. The molecule has 0 radical (unpaired) electrons. The van der Waals surface area contributed by atoms with Crippen LogP contribution < -0.4 is 5.32 Å². The van der Waals surface area contributed by atoms with Crippen LogP contribution in [0.4, 0.5) is 13.2 Å². The lowest BCUT2D eigenvalue weighted by Crippen LogP contribution is -2.48. The number of hydrogen-bond acceptors (Lipinski definition) is 1. The van der Waals surface area contributed by atoms with Crippen LogP contribution in [0.15, 0.2) is 28.7 Å². The number of rotatable bonds is 3. The SMILES string of the molecule is O=C(NCC1(c2ccc(Br)cc2)CCC1)C(F)(F)F. The first kappa shape index (κ1) is 14.4. The molecule has 1 aromatic carbocycles. The van der Waals surface area contributed by atoms with Gasteiger partial charge in [-0.3, -0.25) is 4.79 Å². The van der Waals surface area contributed by atoms with Crippen LogP contribution in [0.3, 0.4) is 0 Å². The summed E-state index contributed by atoms with van der Waals surface area (Å²) in [6, 6.07) is 7.51. The van der Waals surface area contributed by atoms with Gasteiger partial charge in [0.15, 0.2) is 0 Å². The van der Waals surface area contributed by atoms with E-state index >= 15 is 0 Å². The van der Waals surface area contributed by atoms with Crippen molar-refractivity contribution in [1.29, 1.82) is 0 Å². The molecule has 0 spiro atoms.